The van der Waals surface area contributed by atoms with Gasteiger partial charge in [0.2, 0.25) is 11.2 Å². The van der Waals surface area contributed by atoms with Crippen molar-refractivity contribution in [2.45, 2.75) is 32.5 Å². The number of benzene rings is 2. The summed E-state index contributed by atoms with van der Waals surface area (Å²) in [6, 6.07) is 9.47. The fourth-order valence-electron chi connectivity index (χ4n) is 2.86. The number of fused-ring (bicyclic) bond motifs is 1. The summed E-state index contributed by atoms with van der Waals surface area (Å²) in [4.78, 5) is 24.7. The minimum atomic E-state index is -4.95. The molecule has 0 aliphatic rings. The van der Waals surface area contributed by atoms with E-state index in [1.165, 1.54) is 36.4 Å². The highest BCUT2D eigenvalue weighted by molar-refractivity contribution is 6.33. The third-order valence-electron chi connectivity index (χ3n) is 4.53. The Bertz CT molecular complexity index is 1170. The molecule has 1 unspecified atom stereocenters. The van der Waals surface area contributed by atoms with Gasteiger partial charge in [0, 0.05) is 16.7 Å². The van der Waals surface area contributed by atoms with Gasteiger partial charge in [0.15, 0.2) is 6.61 Å². The van der Waals surface area contributed by atoms with Gasteiger partial charge in [-0.3, -0.25) is 4.79 Å². The summed E-state index contributed by atoms with van der Waals surface area (Å²) in [6.07, 6.45) is -4.61. The van der Waals surface area contributed by atoms with Crippen LogP contribution in [-0.2, 0) is 15.7 Å². The van der Waals surface area contributed by atoms with Crippen LogP contribution in [0.4, 0.5) is 13.2 Å². The standard InChI is InChI=1S/C22H18ClF3O5/c1-3-12(2)30-18(27)11-29-13-8-9-15-17(10-13)31-21(22(24,25)26)19(20(15)28)14-6-4-5-7-16(14)23/h4-10,12H,3,11H2,1-2H3. The molecule has 0 aliphatic heterocycles. The Hall–Kier alpha value is -3.00. The molecule has 164 valence electrons. The fourth-order valence-corrected chi connectivity index (χ4v) is 3.09. The number of carbonyl (C=O) groups excluding carboxylic acids is 1. The van der Waals surface area contributed by atoms with Crippen molar-refractivity contribution in [3.8, 4) is 16.9 Å². The Balaban J connectivity index is 2.04. The van der Waals surface area contributed by atoms with Crippen LogP contribution in [0.15, 0.2) is 51.7 Å². The van der Waals surface area contributed by atoms with Crippen LogP contribution in [0.5, 0.6) is 5.75 Å². The smallest absolute Gasteiger partial charge is 0.450 e. The summed E-state index contributed by atoms with van der Waals surface area (Å²) in [6.45, 7) is 3.13. The van der Waals surface area contributed by atoms with Crippen molar-refractivity contribution in [2.75, 3.05) is 6.61 Å². The lowest BCUT2D eigenvalue weighted by Crippen LogP contribution is -2.20. The molecule has 0 saturated carbocycles. The molecule has 31 heavy (non-hydrogen) atoms. The first kappa shape index (κ1) is 22.7. The summed E-state index contributed by atoms with van der Waals surface area (Å²) < 4.78 is 56.6. The summed E-state index contributed by atoms with van der Waals surface area (Å²) >= 11 is 6.03. The van der Waals surface area contributed by atoms with Crippen molar-refractivity contribution in [3.05, 3.63) is 63.5 Å². The number of ether oxygens (including phenoxy) is 2. The Kier molecular flexibility index (Phi) is 6.59. The van der Waals surface area contributed by atoms with E-state index in [-0.39, 0.29) is 33.4 Å². The SMILES string of the molecule is CCC(C)OC(=O)COc1ccc2c(=O)c(-c3ccccc3Cl)c(C(F)(F)F)oc2c1. The van der Waals surface area contributed by atoms with Crippen molar-refractivity contribution in [2.24, 2.45) is 0 Å². The van der Waals surface area contributed by atoms with E-state index in [9.17, 15) is 22.8 Å². The molecule has 0 radical (unpaired) electrons. The van der Waals surface area contributed by atoms with E-state index in [0.717, 1.165) is 6.07 Å². The van der Waals surface area contributed by atoms with Gasteiger partial charge in [-0.05, 0) is 31.5 Å². The quantitative estimate of drug-likeness (QED) is 0.437. The predicted molar refractivity (Wildman–Crippen MR) is 109 cm³/mol. The molecule has 3 aromatic rings. The maximum atomic E-state index is 13.7. The molecular formula is C22H18ClF3O5. The molecule has 0 aliphatic carbocycles. The molecule has 0 saturated heterocycles. The maximum Gasteiger partial charge on any atom is 0.450 e. The Morgan fingerprint density at radius 1 is 1.19 bits per heavy atom. The zero-order chi connectivity index (χ0) is 22.8. The molecule has 3 rings (SSSR count). The zero-order valence-corrected chi connectivity index (χ0v) is 17.3. The number of carbonyl (C=O) groups is 1. The number of hydrogen-bond acceptors (Lipinski definition) is 5. The van der Waals surface area contributed by atoms with Crippen LogP contribution >= 0.6 is 11.6 Å². The third kappa shape index (κ3) is 5.02. The topological polar surface area (TPSA) is 65.7 Å². The first-order valence-corrected chi connectivity index (χ1v) is 9.74. The first-order chi connectivity index (χ1) is 14.6. The van der Waals surface area contributed by atoms with Gasteiger partial charge < -0.3 is 13.9 Å². The second kappa shape index (κ2) is 9.01. The zero-order valence-electron chi connectivity index (χ0n) is 16.6. The lowest BCUT2D eigenvalue weighted by atomic mass is 10.0. The molecule has 0 fully saturated rings. The van der Waals surface area contributed by atoms with E-state index >= 15 is 0 Å². The Labute approximate surface area is 180 Å². The Morgan fingerprint density at radius 3 is 2.55 bits per heavy atom. The van der Waals surface area contributed by atoms with Crippen LogP contribution in [0, 0.1) is 0 Å². The van der Waals surface area contributed by atoms with E-state index < -0.39 is 35.5 Å². The summed E-state index contributed by atoms with van der Waals surface area (Å²) in [5.41, 5.74) is -1.97. The average molecular weight is 455 g/mol. The summed E-state index contributed by atoms with van der Waals surface area (Å²) in [7, 11) is 0. The summed E-state index contributed by atoms with van der Waals surface area (Å²) in [5.74, 6) is -2.04. The lowest BCUT2D eigenvalue weighted by Gasteiger charge is -2.14. The average Bonchev–Trinajstić information content (AvgIpc) is 2.72. The Morgan fingerprint density at radius 2 is 1.90 bits per heavy atom. The minimum Gasteiger partial charge on any atom is -0.482 e. The second-order valence-corrected chi connectivity index (χ2v) is 7.18. The van der Waals surface area contributed by atoms with Crippen molar-refractivity contribution >= 4 is 28.5 Å². The molecular weight excluding hydrogens is 437 g/mol. The predicted octanol–water partition coefficient (Wildman–Crippen LogP) is 5.85. The van der Waals surface area contributed by atoms with Gasteiger partial charge in [-0.25, -0.2) is 4.79 Å². The number of esters is 1. The molecule has 1 heterocycles. The van der Waals surface area contributed by atoms with Gasteiger partial charge in [-0.15, -0.1) is 0 Å². The van der Waals surface area contributed by atoms with Crippen LogP contribution in [-0.4, -0.2) is 18.7 Å². The van der Waals surface area contributed by atoms with Crippen LogP contribution < -0.4 is 10.2 Å². The normalized spacial score (nSPS) is 12.6. The van der Waals surface area contributed by atoms with Gasteiger partial charge in [0.05, 0.1) is 17.1 Å². The van der Waals surface area contributed by atoms with Gasteiger partial charge in [0.25, 0.3) is 0 Å². The number of halogens is 4. The number of alkyl halides is 3. The van der Waals surface area contributed by atoms with Crippen LogP contribution in [0.1, 0.15) is 26.0 Å². The molecule has 0 N–H and O–H groups in total. The van der Waals surface area contributed by atoms with Gasteiger partial charge in [-0.2, -0.15) is 13.2 Å². The van der Waals surface area contributed by atoms with E-state index in [1.54, 1.807) is 6.92 Å². The van der Waals surface area contributed by atoms with E-state index in [2.05, 4.69) is 0 Å². The highest BCUT2D eigenvalue weighted by Crippen LogP contribution is 2.39. The molecule has 5 nitrogen and oxygen atoms in total. The third-order valence-corrected chi connectivity index (χ3v) is 4.86. The van der Waals surface area contributed by atoms with Gasteiger partial charge >= 0.3 is 12.1 Å². The molecule has 0 amide bonds. The fraction of sp³-hybridized carbons (Fsp3) is 0.273. The maximum absolute atomic E-state index is 13.7. The minimum absolute atomic E-state index is 0.0144. The van der Waals surface area contributed by atoms with Crippen molar-refractivity contribution < 1.29 is 31.9 Å². The lowest BCUT2D eigenvalue weighted by molar-refractivity contribution is -0.152. The first-order valence-electron chi connectivity index (χ1n) is 9.37. The van der Waals surface area contributed by atoms with Crippen molar-refractivity contribution in [1.82, 2.24) is 0 Å². The van der Waals surface area contributed by atoms with Crippen molar-refractivity contribution in [3.63, 3.8) is 0 Å². The summed E-state index contributed by atoms with van der Waals surface area (Å²) in [5, 5.41) is -0.100. The van der Waals surface area contributed by atoms with Crippen LogP contribution in [0.25, 0.3) is 22.1 Å². The van der Waals surface area contributed by atoms with Gasteiger partial charge in [-0.1, -0.05) is 36.7 Å². The van der Waals surface area contributed by atoms with Gasteiger partial charge in [0.1, 0.15) is 11.3 Å². The molecule has 1 aromatic heterocycles. The highest BCUT2D eigenvalue weighted by atomic mass is 35.5. The molecule has 0 spiro atoms. The van der Waals surface area contributed by atoms with E-state index in [0.29, 0.717) is 6.42 Å². The largest absolute Gasteiger partial charge is 0.482 e. The van der Waals surface area contributed by atoms with E-state index in [4.69, 9.17) is 25.5 Å². The molecule has 1 atom stereocenters. The monoisotopic (exact) mass is 454 g/mol. The van der Waals surface area contributed by atoms with E-state index in [1.807, 2.05) is 6.92 Å². The second-order valence-electron chi connectivity index (χ2n) is 6.77. The van der Waals surface area contributed by atoms with Crippen LogP contribution in [0.3, 0.4) is 0 Å². The van der Waals surface area contributed by atoms with Crippen LogP contribution in [0.2, 0.25) is 5.02 Å². The highest BCUT2D eigenvalue weighted by Gasteiger charge is 2.39. The number of rotatable bonds is 6. The number of hydrogen-bond donors (Lipinski definition) is 0. The van der Waals surface area contributed by atoms with Crippen molar-refractivity contribution in [1.29, 1.82) is 0 Å². The molecule has 2 aromatic carbocycles. The molecule has 9 heteroatoms. The molecule has 0 bridgehead atoms.